The lowest BCUT2D eigenvalue weighted by Crippen LogP contribution is -2.39. The maximum Gasteiger partial charge on any atom is 0.259 e. The predicted octanol–water partition coefficient (Wildman–Crippen LogP) is 1.47. The second kappa shape index (κ2) is 6.46. The van der Waals surface area contributed by atoms with E-state index in [0.717, 1.165) is 11.6 Å². The van der Waals surface area contributed by atoms with Crippen molar-refractivity contribution in [3.05, 3.63) is 29.3 Å². The van der Waals surface area contributed by atoms with Gasteiger partial charge in [0.1, 0.15) is 11.4 Å². The van der Waals surface area contributed by atoms with Crippen LogP contribution in [-0.2, 0) is 13.1 Å². The lowest BCUT2D eigenvalue weighted by molar-refractivity contribution is 0.0702. The van der Waals surface area contributed by atoms with Crippen molar-refractivity contribution in [1.29, 1.82) is 0 Å². The van der Waals surface area contributed by atoms with Gasteiger partial charge in [0.2, 0.25) is 11.8 Å². The van der Waals surface area contributed by atoms with Crippen LogP contribution in [0, 0.1) is 0 Å². The van der Waals surface area contributed by atoms with Gasteiger partial charge < -0.3 is 18.9 Å². The normalized spacial score (nSPS) is 13.8. The van der Waals surface area contributed by atoms with Gasteiger partial charge >= 0.3 is 0 Å². The molecule has 8 nitrogen and oxygen atoms in total. The quantitative estimate of drug-likeness (QED) is 0.844. The molecule has 1 aliphatic rings. The zero-order chi connectivity index (χ0) is 17.3. The van der Waals surface area contributed by atoms with Gasteiger partial charge in [0.15, 0.2) is 5.82 Å². The molecule has 0 fully saturated rings. The van der Waals surface area contributed by atoms with Gasteiger partial charge in [-0.15, -0.1) is 10.2 Å². The summed E-state index contributed by atoms with van der Waals surface area (Å²) in [7, 11) is 3.01. The first-order chi connectivity index (χ1) is 11.5. The van der Waals surface area contributed by atoms with Crippen molar-refractivity contribution in [3.8, 4) is 11.8 Å². The topological polar surface area (TPSA) is 82.4 Å². The molecular formula is C16H21N5O3. The van der Waals surface area contributed by atoms with Crippen LogP contribution in [0.1, 0.15) is 41.8 Å². The minimum atomic E-state index is -0.137. The molecule has 8 heteroatoms. The second-order valence-electron chi connectivity index (χ2n) is 5.92. The van der Waals surface area contributed by atoms with E-state index < -0.39 is 0 Å². The first-order valence-corrected chi connectivity index (χ1v) is 7.85. The Bertz CT molecular complexity index is 756. The summed E-state index contributed by atoms with van der Waals surface area (Å²) in [5.41, 5.74) is 0.412. The molecular weight excluding hydrogens is 310 g/mol. The number of hydrogen-bond donors (Lipinski definition) is 0. The van der Waals surface area contributed by atoms with Gasteiger partial charge in [0.05, 0.1) is 20.8 Å². The van der Waals surface area contributed by atoms with E-state index in [0.29, 0.717) is 37.0 Å². The number of aromatic nitrogens is 4. The molecule has 3 heterocycles. The van der Waals surface area contributed by atoms with Crippen LogP contribution in [0.4, 0.5) is 0 Å². The molecule has 2 aromatic rings. The molecule has 0 radical (unpaired) electrons. The molecule has 0 saturated carbocycles. The first-order valence-electron chi connectivity index (χ1n) is 7.85. The highest BCUT2D eigenvalue weighted by atomic mass is 16.5. The van der Waals surface area contributed by atoms with Crippen molar-refractivity contribution in [2.24, 2.45) is 0 Å². The smallest absolute Gasteiger partial charge is 0.259 e. The molecule has 2 aromatic heterocycles. The summed E-state index contributed by atoms with van der Waals surface area (Å²) in [5, 5.41) is 8.47. The molecule has 1 aliphatic heterocycles. The van der Waals surface area contributed by atoms with E-state index in [1.807, 2.05) is 0 Å². The fourth-order valence-corrected chi connectivity index (χ4v) is 2.81. The van der Waals surface area contributed by atoms with Crippen molar-refractivity contribution >= 4 is 5.91 Å². The minimum absolute atomic E-state index is 0.137. The molecule has 0 atom stereocenters. The fourth-order valence-electron chi connectivity index (χ4n) is 2.81. The highest BCUT2D eigenvalue weighted by Gasteiger charge is 2.28. The summed E-state index contributed by atoms with van der Waals surface area (Å²) in [5.74, 6) is 2.60. The summed E-state index contributed by atoms with van der Waals surface area (Å²) in [6, 6.07) is 3.32. The van der Waals surface area contributed by atoms with Crippen molar-refractivity contribution in [3.63, 3.8) is 0 Å². The van der Waals surface area contributed by atoms with E-state index in [-0.39, 0.29) is 11.8 Å². The number of methoxy groups -OCH3 is 2. The number of hydrogen-bond acceptors (Lipinski definition) is 6. The summed E-state index contributed by atoms with van der Waals surface area (Å²) in [6.07, 6.45) is 0. The molecule has 0 saturated heterocycles. The Kier molecular flexibility index (Phi) is 4.37. The number of carbonyl (C=O) groups excluding carboxylic acids is 1. The number of amides is 1. The van der Waals surface area contributed by atoms with Crippen LogP contribution in [0.15, 0.2) is 12.1 Å². The van der Waals surface area contributed by atoms with Crippen LogP contribution in [0.3, 0.4) is 0 Å². The maximum atomic E-state index is 12.8. The van der Waals surface area contributed by atoms with Gasteiger partial charge in [-0.25, -0.2) is 0 Å². The molecule has 1 amide bonds. The number of rotatable bonds is 4. The van der Waals surface area contributed by atoms with Crippen molar-refractivity contribution in [2.45, 2.75) is 32.9 Å². The Hall–Kier alpha value is -2.64. The van der Waals surface area contributed by atoms with Crippen LogP contribution < -0.4 is 9.47 Å². The molecule has 0 unspecified atom stereocenters. The van der Waals surface area contributed by atoms with Crippen LogP contribution >= 0.6 is 0 Å². The van der Waals surface area contributed by atoms with Crippen LogP contribution in [0.25, 0.3) is 0 Å². The average Bonchev–Trinajstić information content (AvgIpc) is 3.03. The summed E-state index contributed by atoms with van der Waals surface area (Å²) >= 11 is 0. The van der Waals surface area contributed by atoms with Crippen molar-refractivity contribution in [2.75, 3.05) is 20.8 Å². The van der Waals surface area contributed by atoms with Crippen LogP contribution in [-0.4, -0.2) is 51.3 Å². The van der Waals surface area contributed by atoms with E-state index in [9.17, 15) is 4.79 Å². The zero-order valence-electron chi connectivity index (χ0n) is 14.3. The fraction of sp³-hybridized carbons (Fsp3) is 0.500. The van der Waals surface area contributed by atoms with Crippen molar-refractivity contribution in [1.82, 2.24) is 24.6 Å². The predicted molar refractivity (Wildman–Crippen MR) is 86.2 cm³/mol. The third-order valence-corrected chi connectivity index (χ3v) is 4.05. The molecule has 3 rings (SSSR count). The van der Waals surface area contributed by atoms with E-state index in [1.165, 1.54) is 14.2 Å². The highest BCUT2D eigenvalue weighted by Crippen LogP contribution is 2.24. The number of nitrogens with zero attached hydrogens (tertiary/aromatic N) is 5. The molecule has 0 bridgehead atoms. The van der Waals surface area contributed by atoms with E-state index >= 15 is 0 Å². The Morgan fingerprint density at radius 2 is 1.96 bits per heavy atom. The molecule has 0 aliphatic carbocycles. The molecule has 0 aromatic carbocycles. The largest absolute Gasteiger partial charge is 0.481 e. The highest BCUT2D eigenvalue weighted by molar-refractivity contribution is 5.96. The average molecular weight is 331 g/mol. The standard InChI is InChI=1S/C16H21N5O3/c1-10(2)14-19-18-12-9-20(7-8-21(12)14)16(22)11-5-6-13(23-3)17-15(11)24-4/h5-6,10H,7-9H2,1-4H3. The summed E-state index contributed by atoms with van der Waals surface area (Å²) in [6.45, 7) is 5.88. The van der Waals surface area contributed by atoms with Crippen LogP contribution in [0.2, 0.25) is 0 Å². The van der Waals surface area contributed by atoms with Gasteiger partial charge in [0.25, 0.3) is 5.91 Å². The monoisotopic (exact) mass is 331 g/mol. The Balaban J connectivity index is 1.84. The Morgan fingerprint density at radius 3 is 2.62 bits per heavy atom. The number of pyridine rings is 1. The molecule has 0 spiro atoms. The summed E-state index contributed by atoms with van der Waals surface area (Å²) in [4.78, 5) is 18.7. The Labute approximate surface area is 140 Å². The lowest BCUT2D eigenvalue weighted by atomic mass is 10.2. The van der Waals surface area contributed by atoms with Gasteiger partial charge in [-0.2, -0.15) is 4.98 Å². The minimum Gasteiger partial charge on any atom is -0.481 e. The van der Waals surface area contributed by atoms with Crippen molar-refractivity contribution < 1.29 is 14.3 Å². The SMILES string of the molecule is COc1ccc(C(=O)N2CCn3c(nnc3C(C)C)C2)c(OC)n1. The van der Waals surface area contributed by atoms with Gasteiger partial charge in [-0.1, -0.05) is 13.8 Å². The van der Waals surface area contributed by atoms with E-state index in [1.54, 1.807) is 17.0 Å². The van der Waals surface area contributed by atoms with E-state index in [2.05, 4.69) is 33.6 Å². The number of fused-ring (bicyclic) bond motifs is 1. The van der Waals surface area contributed by atoms with Gasteiger partial charge in [-0.3, -0.25) is 4.79 Å². The zero-order valence-corrected chi connectivity index (χ0v) is 14.3. The third kappa shape index (κ3) is 2.79. The Morgan fingerprint density at radius 1 is 1.17 bits per heavy atom. The van der Waals surface area contributed by atoms with E-state index in [4.69, 9.17) is 9.47 Å². The number of ether oxygens (including phenoxy) is 2. The summed E-state index contributed by atoms with van der Waals surface area (Å²) < 4.78 is 12.4. The van der Waals surface area contributed by atoms with Crippen LogP contribution in [0.5, 0.6) is 11.8 Å². The van der Waals surface area contributed by atoms with Gasteiger partial charge in [-0.05, 0) is 6.07 Å². The molecule has 24 heavy (non-hydrogen) atoms. The maximum absolute atomic E-state index is 12.8. The molecule has 128 valence electrons. The second-order valence-corrected chi connectivity index (χ2v) is 5.92. The van der Waals surface area contributed by atoms with Gasteiger partial charge in [0, 0.05) is 25.1 Å². The third-order valence-electron chi connectivity index (χ3n) is 4.05. The lowest BCUT2D eigenvalue weighted by Gasteiger charge is -2.28. The number of carbonyl (C=O) groups is 1. The molecule has 0 N–H and O–H groups in total. The first kappa shape index (κ1) is 16.2.